The van der Waals surface area contributed by atoms with Crippen molar-refractivity contribution in [1.29, 1.82) is 0 Å². The fourth-order valence-electron chi connectivity index (χ4n) is 3.37. The number of para-hydroxylation sites is 1. The first kappa shape index (κ1) is 18.4. The van der Waals surface area contributed by atoms with Gasteiger partial charge in [-0.2, -0.15) is 0 Å². The van der Waals surface area contributed by atoms with Crippen molar-refractivity contribution < 1.29 is 4.79 Å². The number of rotatable bonds is 4. The summed E-state index contributed by atoms with van der Waals surface area (Å²) in [5, 5.41) is 0. The molecule has 2 aromatic rings. The summed E-state index contributed by atoms with van der Waals surface area (Å²) in [6.45, 7) is 5.87. The van der Waals surface area contributed by atoms with Crippen LogP contribution in [0.15, 0.2) is 35.1 Å². The molecule has 1 aromatic carbocycles. The third-order valence-corrected chi connectivity index (χ3v) is 5.19. The van der Waals surface area contributed by atoms with Crippen LogP contribution in [0.1, 0.15) is 5.69 Å². The number of nitrogens with zero attached hydrogens (tertiary/aromatic N) is 5. The van der Waals surface area contributed by atoms with E-state index in [-0.39, 0.29) is 11.5 Å². The Labute approximate surface area is 154 Å². The van der Waals surface area contributed by atoms with E-state index in [1.54, 1.807) is 16.4 Å². The predicted molar refractivity (Wildman–Crippen MR) is 103 cm³/mol. The van der Waals surface area contributed by atoms with Crippen LogP contribution >= 0.6 is 0 Å². The maximum atomic E-state index is 13.0. The Morgan fingerprint density at radius 2 is 1.69 bits per heavy atom. The van der Waals surface area contributed by atoms with Crippen molar-refractivity contribution in [3.05, 3.63) is 46.4 Å². The minimum absolute atomic E-state index is 0.0550. The topological polar surface area (TPSA) is 53.7 Å². The summed E-state index contributed by atoms with van der Waals surface area (Å²) in [6, 6.07) is 9.47. The van der Waals surface area contributed by atoms with E-state index >= 15 is 0 Å². The number of carbonyl (C=O) groups is 1. The molecule has 0 spiro atoms. The highest BCUT2D eigenvalue weighted by molar-refractivity contribution is 5.94. The number of aromatic nitrogens is 2. The standard InChI is InChI=1S/C19H27N5O2/c1-15-18(19(26)24(22(15)4)16-8-6-5-7-9-16)21(3)17(25)14-23-12-10-20(2)11-13-23/h5-9H,10-14H2,1-4H3. The van der Waals surface area contributed by atoms with Crippen molar-refractivity contribution in [3.8, 4) is 5.69 Å². The first-order chi connectivity index (χ1) is 12.4. The van der Waals surface area contributed by atoms with Gasteiger partial charge in [-0.15, -0.1) is 0 Å². The maximum Gasteiger partial charge on any atom is 0.295 e. The van der Waals surface area contributed by atoms with Gasteiger partial charge in [-0.25, -0.2) is 4.68 Å². The first-order valence-electron chi connectivity index (χ1n) is 8.91. The lowest BCUT2D eigenvalue weighted by Crippen LogP contribution is -2.48. The normalized spacial score (nSPS) is 16.0. The van der Waals surface area contributed by atoms with Crippen LogP contribution in [0.25, 0.3) is 5.69 Å². The van der Waals surface area contributed by atoms with E-state index in [0.717, 1.165) is 37.6 Å². The van der Waals surface area contributed by atoms with E-state index in [2.05, 4.69) is 16.8 Å². The van der Waals surface area contributed by atoms with E-state index in [0.29, 0.717) is 12.2 Å². The van der Waals surface area contributed by atoms with Gasteiger partial charge in [0.25, 0.3) is 5.56 Å². The Morgan fingerprint density at radius 1 is 1.08 bits per heavy atom. The zero-order valence-electron chi connectivity index (χ0n) is 16.0. The van der Waals surface area contributed by atoms with Crippen LogP contribution in [-0.2, 0) is 11.8 Å². The predicted octanol–water partition coefficient (Wildman–Crippen LogP) is 0.695. The van der Waals surface area contributed by atoms with Crippen LogP contribution in [0, 0.1) is 6.92 Å². The second kappa shape index (κ2) is 7.47. The van der Waals surface area contributed by atoms with Gasteiger partial charge in [-0.1, -0.05) is 18.2 Å². The fraction of sp³-hybridized carbons (Fsp3) is 0.474. The zero-order chi connectivity index (χ0) is 18.8. The largest absolute Gasteiger partial charge is 0.308 e. The summed E-state index contributed by atoms with van der Waals surface area (Å²) in [6.07, 6.45) is 0. The summed E-state index contributed by atoms with van der Waals surface area (Å²) < 4.78 is 3.40. The van der Waals surface area contributed by atoms with E-state index < -0.39 is 0 Å². The van der Waals surface area contributed by atoms with Gasteiger partial charge in [0.05, 0.1) is 17.9 Å². The highest BCUT2D eigenvalue weighted by Crippen LogP contribution is 2.17. The number of piperazine rings is 1. The van der Waals surface area contributed by atoms with Crippen LogP contribution in [0.3, 0.4) is 0 Å². The van der Waals surface area contributed by atoms with Crippen LogP contribution in [0.5, 0.6) is 0 Å². The van der Waals surface area contributed by atoms with Gasteiger partial charge in [-0.05, 0) is 26.1 Å². The number of carbonyl (C=O) groups excluding carboxylic acids is 1. The van der Waals surface area contributed by atoms with Gasteiger partial charge in [0.1, 0.15) is 5.69 Å². The van der Waals surface area contributed by atoms with Gasteiger partial charge in [0.15, 0.2) is 0 Å². The van der Waals surface area contributed by atoms with Gasteiger partial charge >= 0.3 is 0 Å². The van der Waals surface area contributed by atoms with Crippen molar-refractivity contribution in [2.24, 2.45) is 7.05 Å². The number of anilines is 1. The summed E-state index contributed by atoms with van der Waals surface area (Å²) in [5.41, 5.74) is 1.82. The van der Waals surface area contributed by atoms with Gasteiger partial charge < -0.3 is 9.80 Å². The summed E-state index contributed by atoms with van der Waals surface area (Å²) in [5.74, 6) is -0.0550. The Kier molecular flexibility index (Phi) is 5.29. The lowest BCUT2D eigenvalue weighted by molar-refractivity contribution is -0.119. The Balaban J connectivity index is 1.85. The van der Waals surface area contributed by atoms with Crippen molar-refractivity contribution >= 4 is 11.6 Å². The van der Waals surface area contributed by atoms with Crippen molar-refractivity contribution in [1.82, 2.24) is 19.2 Å². The lowest BCUT2D eigenvalue weighted by atomic mass is 10.3. The van der Waals surface area contributed by atoms with Crippen LogP contribution in [-0.4, -0.2) is 71.9 Å². The summed E-state index contributed by atoms with van der Waals surface area (Å²) in [4.78, 5) is 31.7. The SMILES string of the molecule is Cc1c(N(C)C(=O)CN2CCN(C)CC2)c(=O)n(-c2ccccc2)n1C. The molecule has 1 saturated heterocycles. The minimum Gasteiger partial charge on any atom is -0.308 e. The number of likely N-dealkylation sites (N-methyl/N-ethyl adjacent to an activating group) is 2. The molecule has 140 valence electrons. The Hall–Kier alpha value is -2.38. The van der Waals surface area contributed by atoms with Crippen molar-refractivity contribution in [3.63, 3.8) is 0 Å². The second-order valence-electron chi connectivity index (χ2n) is 6.94. The quantitative estimate of drug-likeness (QED) is 0.808. The summed E-state index contributed by atoms with van der Waals surface area (Å²) >= 11 is 0. The lowest BCUT2D eigenvalue weighted by Gasteiger charge is -2.32. The minimum atomic E-state index is -0.176. The number of benzene rings is 1. The Morgan fingerprint density at radius 3 is 2.31 bits per heavy atom. The summed E-state index contributed by atoms with van der Waals surface area (Å²) in [7, 11) is 5.62. The number of amides is 1. The van der Waals surface area contributed by atoms with Crippen molar-refractivity contribution in [2.45, 2.75) is 6.92 Å². The maximum absolute atomic E-state index is 13.0. The highest BCUT2D eigenvalue weighted by Gasteiger charge is 2.25. The molecule has 1 aliphatic rings. The molecule has 1 aliphatic heterocycles. The molecular weight excluding hydrogens is 330 g/mol. The average molecular weight is 357 g/mol. The molecule has 0 unspecified atom stereocenters. The van der Waals surface area contributed by atoms with E-state index in [1.165, 1.54) is 4.90 Å². The zero-order valence-corrected chi connectivity index (χ0v) is 16.0. The molecule has 0 saturated carbocycles. The van der Waals surface area contributed by atoms with Crippen molar-refractivity contribution in [2.75, 3.05) is 51.7 Å². The number of hydrogen-bond acceptors (Lipinski definition) is 4. The first-order valence-corrected chi connectivity index (χ1v) is 8.91. The van der Waals surface area contributed by atoms with Crippen LogP contribution < -0.4 is 10.5 Å². The monoisotopic (exact) mass is 357 g/mol. The second-order valence-corrected chi connectivity index (χ2v) is 6.94. The molecule has 0 N–H and O–H groups in total. The number of hydrogen-bond donors (Lipinski definition) is 0. The molecule has 1 amide bonds. The van der Waals surface area contributed by atoms with Crippen LogP contribution in [0.2, 0.25) is 0 Å². The molecule has 26 heavy (non-hydrogen) atoms. The highest BCUT2D eigenvalue weighted by atomic mass is 16.2. The van der Waals surface area contributed by atoms with E-state index in [1.807, 2.05) is 44.3 Å². The molecule has 2 heterocycles. The molecule has 0 aliphatic carbocycles. The van der Waals surface area contributed by atoms with Gasteiger partial charge in [0.2, 0.25) is 5.91 Å². The molecule has 0 bridgehead atoms. The van der Waals surface area contributed by atoms with Gasteiger partial charge in [0, 0.05) is 40.3 Å². The molecule has 1 fully saturated rings. The molecule has 1 aromatic heterocycles. The van der Waals surface area contributed by atoms with Gasteiger partial charge in [-0.3, -0.25) is 19.2 Å². The smallest absolute Gasteiger partial charge is 0.295 e. The third-order valence-electron chi connectivity index (χ3n) is 5.19. The molecule has 0 atom stereocenters. The molecule has 3 rings (SSSR count). The molecule has 7 heteroatoms. The fourth-order valence-corrected chi connectivity index (χ4v) is 3.37. The molecule has 0 radical (unpaired) electrons. The molecular formula is C19H27N5O2. The third kappa shape index (κ3) is 3.45. The Bertz CT molecular complexity index is 832. The van der Waals surface area contributed by atoms with Crippen LogP contribution in [0.4, 0.5) is 5.69 Å². The average Bonchev–Trinajstić information content (AvgIpc) is 2.86. The van der Waals surface area contributed by atoms with E-state index in [4.69, 9.17) is 0 Å². The van der Waals surface area contributed by atoms with E-state index in [9.17, 15) is 9.59 Å². The molecule has 7 nitrogen and oxygen atoms in total.